The Morgan fingerprint density at radius 1 is 0.642 bits per heavy atom. The van der Waals surface area contributed by atoms with Crippen molar-refractivity contribution in [1.29, 1.82) is 0 Å². The van der Waals surface area contributed by atoms with Gasteiger partial charge in [-0.2, -0.15) is 13.5 Å². The molecule has 4 rings (SSSR count). The van der Waals surface area contributed by atoms with E-state index in [0.29, 0.717) is 30.3 Å². The first-order valence-corrected chi connectivity index (χ1v) is 19.1. The van der Waals surface area contributed by atoms with Gasteiger partial charge in [-0.25, -0.2) is 25.3 Å². The maximum atomic E-state index is 12.3. The van der Waals surface area contributed by atoms with Crippen molar-refractivity contribution < 1.29 is 219 Å². The van der Waals surface area contributed by atoms with E-state index in [1.165, 1.54) is 0 Å². The van der Waals surface area contributed by atoms with Gasteiger partial charge in [0.15, 0.2) is 5.75 Å². The number of phenolic OH excluding ortho intramolecular Hbond substituents is 1. The van der Waals surface area contributed by atoms with E-state index in [1.54, 1.807) is 0 Å². The Balaban J connectivity index is 0. The number of hydrogen-bond donors (Lipinski definition) is 3. The molecule has 256 valence electrons. The van der Waals surface area contributed by atoms with E-state index in [0.717, 1.165) is 18.2 Å². The normalized spacial score (nSPS) is 12.3. The molecule has 4 N–H and O–H groups in total. The van der Waals surface area contributed by atoms with Crippen LogP contribution in [0.4, 0.5) is 28.4 Å². The first-order chi connectivity index (χ1) is 21.8. The molecule has 0 heterocycles. The molecule has 0 atom stereocenters. The SMILES string of the molecule is Nc1c(N=Nc2cc(S(=O)(=O)[O-])ccc2S(=O)(=O)[O-])c(S(=O)(=O)O)cc2cc(S(=O)(=O)[O-])c(N=Nc3cccc(P(=O)([O-])[O-])c3)c(O)c12.[Na+].[Na+].[Na+].[Na+].[Na+]. The van der Waals surface area contributed by atoms with Crippen molar-refractivity contribution in [2.24, 2.45) is 20.5 Å². The van der Waals surface area contributed by atoms with Gasteiger partial charge < -0.3 is 38.9 Å². The fraction of sp³-hybridized carbons (Fsp3) is 0. The van der Waals surface area contributed by atoms with E-state index in [1.807, 2.05) is 0 Å². The number of benzene rings is 4. The molecule has 0 saturated carbocycles. The minimum absolute atomic E-state index is 0. The molecule has 0 aliphatic carbocycles. The predicted molar refractivity (Wildman–Crippen MR) is 152 cm³/mol. The zero-order valence-corrected chi connectivity index (χ0v) is 41.9. The summed E-state index contributed by atoms with van der Waals surface area (Å²) in [6, 6.07) is 5.74. The van der Waals surface area contributed by atoms with Gasteiger partial charge >= 0.3 is 148 Å². The summed E-state index contributed by atoms with van der Waals surface area (Å²) in [6.07, 6.45) is 0. The first-order valence-electron chi connectivity index (χ1n) is 11.9. The second-order valence-corrected chi connectivity index (χ2v) is 16.2. The van der Waals surface area contributed by atoms with E-state index in [-0.39, 0.29) is 154 Å². The smallest absolute Gasteiger partial charge is 0.807 e. The van der Waals surface area contributed by atoms with Crippen molar-refractivity contribution in [1.82, 2.24) is 0 Å². The van der Waals surface area contributed by atoms with E-state index in [2.05, 4.69) is 20.5 Å². The van der Waals surface area contributed by atoms with Gasteiger partial charge in [0.05, 0.1) is 31.4 Å². The molecule has 0 aromatic heterocycles. The summed E-state index contributed by atoms with van der Waals surface area (Å²) in [4.78, 5) is 17.7. The minimum Gasteiger partial charge on any atom is -0.807 e. The first kappa shape index (κ1) is 55.8. The number of aromatic hydroxyl groups is 1. The van der Waals surface area contributed by atoms with E-state index < -0.39 is 118 Å². The molecule has 4 aromatic rings. The van der Waals surface area contributed by atoms with Gasteiger partial charge in [-0.3, -0.25) is 4.55 Å². The zero-order valence-electron chi connectivity index (χ0n) is 27.8. The number of anilines is 1. The molecule has 0 spiro atoms. The summed E-state index contributed by atoms with van der Waals surface area (Å²) < 4.78 is 151. The van der Waals surface area contributed by atoms with Crippen LogP contribution >= 0.6 is 7.60 Å². The number of nitrogens with two attached hydrogens (primary N) is 1. The summed E-state index contributed by atoms with van der Waals surface area (Å²) in [5.41, 5.74) is 1.18. The second-order valence-electron chi connectivity index (χ2n) is 9.19. The van der Waals surface area contributed by atoms with Gasteiger partial charge in [0.2, 0.25) is 0 Å². The van der Waals surface area contributed by atoms with Crippen molar-refractivity contribution in [3.63, 3.8) is 0 Å². The molecular formula is C22H13N5Na5O16PS4. The van der Waals surface area contributed by atoms with Crippen LogP contribution in [0.2, 0.25) is 0 Å². The zero-order chi connectivity index (χ0) is 36.2. The number of rotatable bonds is 9. The summed E-state index contributed by atoms with van der Waals surface area (Å²) in [5, 5.41) is 22.5. The van der Waals surface area contributed by atoms with Crippen molar-refractivity contribution in [2.75, 3.05) is 5.73 Å². The van der Waals surface area contributed by atoms with Crippen LogP contribution < -0.4 is 169 Å². The molecule has 0 aliphatic rings. The minimum atomic E-state index is -5.60. The van der Waals surface area contributed by atoms with Crippen LogP contribution in [0.15, 0.2) is 94.6 Å². The molecule has 0 radical (unpaired) electrons. The Hall–Kier alpha value is 0.730. The van der Waals surface area contributed by atoms with Gasteiger partial charge in [0.1, 0.15) is 52.3 Å². The number of azo groups is 2. The van der Waals surface area contributed by atoms with Gasteiger partial charge in [0, 0.05) is 0 Å². The number of fused-ring (bicyclic) bond motifs is 1. The molecule has 0 unspecified atom stereocenters. The molecule has 0 fully saturated rings. The standard InChI is InChI=1S/C22H18N5O16PS4.5Na/c23-19-18-10(7-17(48(41,42)43)21(22(18)28)27-24-11-2-1-3-12(8-11)44(29,30)31)6-16(47(38,39)40)20(19)26-25-14-9-13(45(32,33)34)4-5-15(14)46(35,36)37;;;;;/h1-9,28H,23H2,(H2,29,30,31)(H,32,33,34)(H,35,36,37)(H,38,39,40)(H,41,42,43);;;;;/q;5*+1/p-5. The Morgan fingerprint density at radius 3 is 1.66 bits per heavy atom. The average Bonchev–Trinajstić information content (AvgIpc) is 2.93. The van der Waals surface area contributed by atoms with Gasteiger partial charge in [-0.05, 0) is 60.8 Å². The molecule has 31 heteroatoms. The van der Waals surface area contributed by atoms with Crippen LogP contribution in [-0.4, -0.2) is 57.0 Å². The molecule has 0 aliphatic heterocycles. The number of nitrogen functional groups attached to an aromatic ring is 1. The Kier molecular flexibility index (Phi) is 21.7. The number of nitrogens with zero attached hydrogens (tertiary/aromatic N) is 4. The van der Waals surface area contributed by atoms with Crippen LogP contribution in [0.25, 0.3) is 10.8 Å². The van der Waals surface area contributed by atoms with Gasteiger partial charge in [-0.15, -0.1) is 15.3 Å². The quantitative estimate of drug-likeness (QED) is 0.0462. The van der Waals surface area contributed by atoms with Crippen molar-refractivity contribution in [3.8, 4) is 5.75 Å². The Morgan fingerprint density at radius 2 is 1.17 bits per heavy atom. The van der Waals surface area contributed by atoms with E-state index >= 15 is 0 Å². The van der Waals surface area contributed by atoms with Gasteiger partial charge in [0.25, 0.3) is 10.1 Å². The fourth-order valence-electron chi connectivity index (χ4n) is 3.98. The summed E-state index contributed by atoms with van der Waals surface area (Å²) in [7, 11) is -27.1. The topological polar surface area (TPSA) is 385 Å². The van der Waals surface area contributed by atoms with Crippen LogP contribution in [-0.2, 0) is 45.0 Å². The average molecular weight is 878 g/mol. The molecule has 0 amide bonds. The van der Waals surface area contributed by atoms with Crippen LogP contribution in [0, 0.1) is 0 Å². The predicted octanol–water partition coefficient (Wildman–Crippen LogP) is -14.5. The van der Waals surface area contributed by atoms with Crippen molar-refractivity contribution in [3.05, 3.63) is 54.6 Å². The fourth-order valence-corrected chi connectivity index (χ4v) is 6.93. The molecule has 0 saturated heterocycles. The van der Waals surface area contributed by atoms with Gasteiger partial charge in [-0.1, -0.05) is 12.1 Å². The molecule has 4 aromatic carbocycles. The summed E-state index contributed by atoms with van der Waals surface area (Å²) >= 11 is 0. The Bertz CT molecular complexity index is 2610. The summed E-state index contributed by atoms with van der Waals surface area (Å²) in [6.45, 7) is 0. The van der Waals surface area contributed by atoms with Crippen LogP contribution in [0.3, 0.4) is 0 Å². The Labute approximate surface area is 411 Å². The monoisotopic (exact) mass is 877 g/mol. The number of phenols is 1. The van der Waals surface area contributed by atoms with Crippen molar-refractivity contribution in [2.45, 2.75) is 19.6 Å². The second kappa shape index (κ2) is 20.6. The molecule has 0 bridgehead atoms. The van der Waals surface area contributed by atoms with Crippen molar-refractivity contribution >= 4 is 92.6 Å². The van der Waals surface area contributed by atoms with E-state index in [9.17, 15) is 71.3 Å². The van der Waals surface area contributed by atoms with Crippen LogP contribution in [0.5, 0.6) is 5.75 Å². The molecule has 21 nitrogen and oxygen atoms in total. The largest absolute Gasteiger partial charge is 1.00 e. The summed E-state index contributed by atoms with van der Waals surface area (Å²) in [5.74, 6) is -1.31. The maximum Gasteiger partial charge on any atom is 1.00 e. The molecule has 53 heavy (non-hydrogen) atoms. The third-order valence-electron chi connectivity index (χ3n) is 6.02. The third kappa shape index (κ3) is 13.6. The maximum absolute atomic E-state index is 12.3. The number of hydrogen-bond acceptors (Lipinski definition) is 20. The van der Waals surface area contributed by atoms with Crippen LogP contribution in [0.1, 0.15) is 0 Å². The molecular weight excluding hydrogens is 864 g/mol. The third-order valence-corrected chi connectivity index (χ3v) is 10.4. The van der Waals surface area contributed by atoms with E-state index in [4.69, 9.17) is 5.73 Å².